The Kier molecular flexibility index (Phi) is 4.87. The lowest BCUT2D eigenvalue weighted by atomic mass is 10.0. The van der Waals surface area contributed by atoms with E-state index in [1.54, 1.807) is 12.1 Å². The first kappa shape index (κ1) is 15.9. The van der Waals surface area contributed by atoms with Crippen LogP contribution in [0.4, 0.5) is 0 Å². The molecule has 0 heterocycles. The van der Waals surface area contributed by atoms with Crippen LogP contribution < -0.4 is 10.1 Å². The lowest BCUT2D eigenvalue weighted by Crippen LogP contribution is -2.31. The van der Waals surface area contributed by atoms with Gasteiger partial charge in [0.05, 0.1) is 11.1 Å². The minimum absolute atomic E-state index is 0.0387. The van der Waals surface area contributed by atoms with Crippen molar-refractivity contribution < 1.29 is 9.53 Å². The predicted octanol–water partition coefficient (Wildman–Crippen LogP) is 4.08. The van der Waals surface area contributed by atoms with E-state index in [1.165, 1.54) is 24.0 Å². The van der Waals surface area contributed by atoms with Crippen molar-refractivity contribution in [3.8, 4) is 5.75 Å². The Labute approximate surface area is 141 Å². The Morgan fingerprint density at radius 1 is 1.22 bits per heavy atom. The van der Waals surface area contributed by atoms with E-state index >= 15 is 0 Å². The Morgan fingerprint density at radius 3 is 2.83 bits per heavy atom. The molecule has 3 rings (SSSR count). The van der Waals surface area contributed by atoms with Gasteiger partial charge in [0.25, 0.3) is 5.91 Å². The van der Waals surface area contributed by atoms with Gasteiger partial charge in [-0.15, -0.1) is 0 Å². The fourth-order valence-corrected chi connectivity index (χ4v) is 3.12. The van der Waals surface area contributed by atoms with Crippen LogP contribution in [0.1, 0.15) is 36.1 Å². The Bertz CT molecular complexity index is 714. The van der Waals surface area contributed by atoms with Gasteiger partial charge >= 0.3 is 0 Å². The van der Waals surface area contributed by atoms with Crippen molar-refractivity contribution >= 4 is 17.5 Å². The van der Waals surface area contributed by atoms with Crippen LogP contribution in [0.25, 0.3) is 0 Å². The Balaban J connectivity index is 1.56. The first-order chi connectivity index (χ1) is 11.1. The summed E-state index contributed by atoms with van der Waals surface area (Å²) in [5.74, 6) is 0.368. The summed E-state index contributed by atoms with van der Waals surface area (Å²) in [5, 5.41) is 3.48. The number of rotatable bonds is 5. The topological polar surface area (TPSA) is 38.3 Å². The van der Waals surface area contributed by atoms with Gasteiger partial charge < -0.3 is 10.1 Å². The van der Waals surface area contributed by atoms with Gasteiger partial charge in [-0.25, -0.2) is 0 Å². The summed E-state index contributed by atoms with van der Waals surface area (Å²) in [6.07, 6.45) is 3.53. The molecule has 23 heavy (non-hydrogen) atoms. The first-order valence-corrected chi connectivity index (χ1v) is 8.29. The van der Waals surface area contributed by atoms with Crippen LogP contribution in [-0.4, -0.2) is 12.5 Å². The van der Waals surface area contributed by atoms with E-state index in [4.69, 9.17) is 16.3 Å². The van der Waals surface area contributed by atoms with Gasteiger partial charge in [0.1, 0.15) is 5.75 Å². The molecule has 0 aromatic heterocycles. The quantitative estimate of drug-likeness (QED) is 0.897. The highest BCUT2D eigenvalue weighted by Crippen LogP contribution is 2.25. The summed E-state index contributed by atoms with van der Waals surface area (Å²) >= 11 is 6.01. The zero-order valence-corrected chi connectivity index (χ0v) is 13.9. The second-order valence-electron chi connectivity index (χ2n) is 5.89. The molecule has 2 aromatic carbocycles. The molecule has 1 aliphatic rings. The van der Waals surface area contributed by atoms with Crippen molar-refractivity contribution in [3.05, 3.63) is 64.2 Å². The average Bonchev–Trinajstić information content (AvgIpc) is 3.01. The van der Waals surface area contributed by atoms with Gasteiger partial charge in [-0.3, -0.25) is 4.79 Å². The molecule has 4 heteroatoms. The number of halogens is 1. The van der Waals surface area contributed by atoms with Crippen LogP contribution in [0.15, 0.2) is 42.5 Å². The van der Waals surface area contributed by atoms with Gasteiger partial charge in [-0.2, -0.15) is 0 Å². The standard InChI is InChI=1S/C19H20ClNO2/c1-13(15-10-9-14-5-4-6-16(14)11-15)21-19(22)12-23-18-8-3-2-7-17(18)20/h2-3,7-11,13H,4-6,12H2,1H3,(H,21,22). The fourth-order valence-electron chi connectivity index (χ4n) is 2.93. The summed E-state index contributed by atoms with van der Waals surface area (Å²) in [7, 11) is 0. The average molecular weight is 330 g/mol. The number of carbonyl (C=O) groups is 1. The van der Waals surface area contributed by atoms with Crippen molar-refractivity contribution in [1.29, 1.82) is 0 Å². The molecule has 0 aliphatic heterocycles. The summed E-state index contributed by atoms with van der Waals surface area (Å²) in [5.41, 5.74) is 3.99. The van der Waals surface area contributed by atoms with E-state index < -0.39 is 0 Å². The van der Waals surface area contributed by atoms with Crippen molar-refractivity contribution in [1.82, 2.24) is 5.32 Å². The molecule has 0 bridgehead atoms. The zero-order valence-electron chi connectivity index (χ0n) is 13.1. The number of hydrogen-bond donors (Lipinski definition) is 1. The normalized spacial score (nSPS) is 14.2. The third-order valence-corrected chi connectivity index (χ3v) is 4.51. The summed E-state index contributed by atoms with van der Waals surface area (Å²) in [6.45, 7) is 1.95. The van der Waals surface area contributed by atoms with E-state index in [0.29, 0.717) is 10.8 Å². The maximum Gasteiger partial charge on any atom is 0.258 e. The molecule has 1 N–H and O–H groups in total. The van der Waals surface area contributed by atoms with Crippen molar-refractivity contribution in [2.75, 3.05) is 6.61 Å². The van der Waals surface area contributed by atoms with Crippen LogP contribution in [-0.2, 0) is 17.6 Å². The van der Waals surface area contributed by atoms with Crippen molar-refractivity contribution in [2.45, 2.75) is 32.2 Å². The second-order valence-corrected chi connectivity index (χ2v) is 6.30. The number of amides is 1. The molecule has 1 atom stereocenters. The summed E-state index contributed by atoms with van der Waals surface area (Å²) in [4.78, 5) is 12.1. The first-order valence-electron chi connectivity index (χ1n) is 7.92. The molecule has 1 unspecified atom stereocenters. The molecule has 0 spiro atoms. The molecule has 0 radical (unpaired) electrons. The minimum Gasteiger partial charge on any atom is -0.482 e. The number of nitrogens with one attached hydrogen (secondary N) is 1. The maximum absolute atomic E-state index is 12.1. The van der Waals surface area contributed by atoms with Gasteiger partial charge in [-0.1, -0.05) is 41.9 Å². The predicted molar refractivity (Wildman–Crippen MR) is 92.0 cm³/mol. The molecule has 1 amide bonds. The second kappa shape index (κ2) is 7.05. The minimum atomic E-state index is -0.155. The van der Waals surface area contributed by atoms with Crippen LogP contribution >= 0.6 is 11.6 Å². The summed E-state index contributed by atoms with van der Waals surface area (Å²) in [6, 6.07) is 13.6. The third kappa shape index (κ3) is 3.85. The van der Waals surface area contributed by atoms with E-state index in [0.717, 1.165) is 12.0 Å². The highest BCUT2D eigenvalue weighted by Gasteiger charge is 2.15. The van der Waals surface area contributed by atoms with E-state index in [2.05, 4.69) is 23.5 Å². The van der Waals surface area contributed by atoms with Crippen molar-refractivity contribution in [2.24, 2.45) is 0 Å². The van der Waals surface area contributed by atoms with E-state index in [9.17, 15) is 4.79 Å². The molecular weight excluding hydrogens is 310 g/mol. The molecule has 1 aliphatic carbocycles. The number of para-hydroxylation sites is 1. The highest BCUT2D eigenvalue weighted by atomic mass is 35.5. The van der Waals surface area contributed by atoms with Crippen LogP contribution in [0.3, 0.4) is 0 Å². The fraction of sp³-hybridized carbons (Fsp3) is 0.316. The van der Waals surface area contributed by atoms with Gasteiger partial charge in [0.15, 0.2) is 6.61 Å². The number of benzene rings is 2. The largest absolute Gasteiger partial charge is 0.482 e. The third-order valence-electron chi connectivity index (χ3n) is 4.20. The molecular formula is C19H20ClNO2. The highest BCUT2D eigenvalue weighted by molar-refractivity contribution is 6.32. The zero-order chi connectivity index (χ0) is 16.2. The van der Waals surface area contributed by atoms with E-state index in [-0.39, 0.29) is 18.6 Å². The maximum atomic E-state index is 12.1. The number of aryl methyl sites for hydroxylation is 2. The van der Waals surface area contributed by atoms with Gasteiger partial charge in [-0.05, 0) is 55.0 Å². The van der Waals surface area contributed by atoms with Gasteiger partial charge in [0, 0.05) is 0 Å². The van der Waals surface area contributed by atoms with Crippen LogP contribution in [0.5, 0.6) is 5.75 Å². The van der Waals surface area contributed by atoms with Crippen molar-refractivity contribution in [3.63, 3.8) is 0 Å². The number of fused-ring (bicyclic) bond motifs is 1. The summed E-state index contributed by atoms with van der Waals surface area (Å²) < 4.78 is 5.47. The lowest BCUT2D eigenvalue weighted by molar-refractivity contribution is -0.123. The smallest absolute Gasteiger partial charge is 0.258 e. The monoisotopic (exact) mass is 329 g/mol. The molecule has 2 aromatic rings. The Morgan fingerprint density at radius 2 is 2.00 bits per heavy atom. The number of carbonyl (C=O) groups excluding carboxylic acids is 1. The molecule has 0 saturated carbocycles. The molecule has 120 valence electrons. The van der Waals surface area contributed by atoms with E-state index in [1.807, 2.05) is 19.1 Å². The Hall–Kier alpha value is -2.00. The van der Waals surface area contributed by atoms with Gasteiger partial charge in [0.2, 0.25) is 0 Å². The SMILES string of the molecule is CC(NC(=O)COc1ccccc1Cl)c1ccc2c(c1)CCC2. The molecule has 3 nitrogen and oxygen atoms in total. The van der Waals surface area contributed by atoms with Crippen LogP contribution in [0.2, 0.25) is 5.02 Å². The molecule has 0 saturated heterocycles. The number of ether oxygens (including phenoxy) is 1. The lowest BCUT2D eigenvalue weighted by Gasteiger charge is -2.16. The molecule has 0 fully saturated rings. The van der Waals surface area contributed by atoms with Crippen LogP contribution in [0, 0.1) is 0 Å². The number of hydrogen-bond acceptors (Lipinski definition) is 2.